The van der Waals surface area contributed by atoms with Crippen LogP contribution in [0.15, 0.2) is 53.3 Å². The van der Waals surface area contributed by atoms with E-state index >= 15 is 0 Å². The number of aryl methyl sites for hydroxylation is 2. The second-order valence-corrected chi connectivity index (χ2v) is 8.62. The zero-order chi connectivity index (χ0) is 24.5. The van der Waals surface area contributed by atoms with Crippen molar-refractivity contribution in [1.82, 2.24) is 35.0 Å². The molecule has 0 fully saturated rings. The van der Waals surface area contributed by atoms with Gasteiger partial charge >= 0.3 is 5.69 Å². The summed E-state index contributed by atoms with van der Waals surface area (Å²) in [4.78, 5) is 13.1. The SMILES string of the molecule is C#CCCn1nc(CCCCCCC)n(Cc2ccc(-c3ccccc3-c3nnn[nH]3)cc2)c1=O. The van der Waals surface area contributed by atoms with Crippen LogP contribution in [0.2, 0.25) is 0 Å². The predicted molar refractivity (Wildman–Crippen MR) is 137 cm³/mol. The van der Waals surface area contributed by atoms with E-state index in [1.54, 1.807) is 4.57 Å². The number of rotatable bonds is 12. The summed E-state index contributed by atoms with van der Waals surface area (Å²) in [6.45, 7) is 3.13. The molecule has 1 N–H and O–H groups in total. The number of aromatic nitrogens is 7. The minimum Gasteiger partial charge on any atom is -0.274 e. The molecule has 0 atom stereocenters. The predicted octanol–water partition coefficient (Wildman–Crippen LogP) is 4.48. The molecule has 4 aromatic rings. The van der Waals surface area contributed by atoms with Crippen LogP contribution in [0, 0.1) is 12.3 Å². The van der Waals surface area contributed by atoms with Gasteiger partial charge in [-0.05, 0) is 33.5 Å². The molecule has 0 aliphatic heterocycles. The first-order valence-electron chi connectivity index (χ1n) is 12.2. The van der Waals surface area contributed by atoms with Gasteiger partial charge in [-0.3, -0.25) is 4.57 Å². The molecule has 0 aliphatic carbocycles. The standard InChI is InChI=1S/C27H31N7O/c1-3-5-7-8-9-14-25-30-34(19-6-4-2)27(35)33(25)20-21-15-17-22(18-16-21)23-12-10-11-13-24(23)26-28-31-32-29-26/h2,10-13,15-18H,3,5-9,14,19-20H2,1H3,(H,28,29,31,32). The average Bonchev–Trinajstić information content (AvgIpc) is 3.52. The molecule has 2 aromatic carbocycles. The van der Waals surface area contributed by atoms with Crippen LogP contribution in [-0.2, 0) is 19.5 Å². The van der Waals surface area contributed by atoms with E-state index in [1.165, 1.54) is 23.9 Å². The van der Waals surface area contributed by atoms with Crippen LogP contribution < -0.4 is 5.69 Å². The summed E-state index contributed by atoms with van der Waals surface area (Å²) < 4.78 is 3.30. The minimum absolute atomic E-state index is 0.101. The van der Waals surface area contributed by atoms with Gasteiger partial charge in [0.1, 0.15) is 5.82 Å². The number of aromatic amines is 1. The summed E-state index contributed by atoms with van der Waals surface area (Å²) in [7, 11) is 0. The van der Waals surface area contributed by atoms with Gasteiger partial charge in [0.15, 0.2) is 5.82 Å². The Bertz CT molecular complexity index is 1310. The van der Waals surface area contributed by atoms with E-state index < -0.39 is 0 Å². The van der Waals surface area contributed by atoms with E-state index in [2.05, 4.69) is 62.8 Å². The van der Waals surface area contributed by atoms with Gasteiger partial charge in [0.25, 0.3) is 0 Å². The van der Waals surface area contributed by atoms with Crippen molar-refractivity contribution in [2.24, 2.45) is 0 Å². The number of nitrogens with zero attached hydrogens (tertiary/aromatic N) is 6. The van der Waals surface area contributed by atoms with E-state index in [0.717, 1.165) is 47.3 Å². The molecule has 8 nitrogen and oxygen atoms in total. The van der Waals surface area contributed by atoms with Gasteiger partial charge in [-0.1, -0.05) is 81.1 Å². The van der Waals surface area contributed by atoms with Crippen molar-refractivity contribution >= 4 is 0 Å². The first kappa shape index (κ1) is 24.1. The number of H-pyrrole nitrogens is 1. The van der Waals surface area contributed by atoms with Gasteiger partial charge in [-0.2, -0.15) is 5.10 Å². The highest BCUT2D eigenvalue weighted by molar-refractivity contribution is 5.80. The molecule has 4 rings (SSSR count). The maximum atomic E-state index is 13.1. The molecule has 0 amide bonds. The summed E-state index contributed by atoms with van der Waals surface area (Å²) >= 11 is 0. The highest BCUT2D eigenvalue weighted by atomic mass is 16.2. The maximum absolute atomic E-state index is 13.1. The van der Waals surface area contributed by atoms with E-state index in [0.29, 0.717) is 25.3 Å². The number of hydrogen-bond acceptors (Lipinski definition) is 5. The summed E-state index contributed by atoms with van der Waals surface area (Å²) in [5.41, 5.74) is 3.95. The normalized spacial score (nSPS) is 11.0. The molecule has 0 saturated heterocycles. The van der Waals surface area contributed by atoms with E-state index in [-0.39, 0.29) is 5.69 Å². The Morgan fingerprint density at radius 2 is 1.77 bits per heavy atom. The second kappa shape index (κ2) is 11.9. The average molecular weight is 470 g/mol. The number of unbranched alkanes of at least 4 members (excludes halogenated alkanes) is 4. The zero-order valence-corrected chi connectivity index (χ0v) is 20.2. The fourth-order valence-electron chi connectivity index (χ4n) is 4.22. The van der Waals surface area contributed by atoms with Crippen LogP contribution >= 0.6 is 0 Å². The molecule has 0 aliphatic rings. The van der Waals surface area contributed by atoms with Gasteiger partial charge in [0, 0.05) is 18.4 Å². The summed E-state index contributed by atoms with van der Waals surface area (Å²) in [6.07, 6.45) is 12.5. The van der Waals surface area contributed by atoms with E-state index in [1.807, 2.05) is 24.3 Å². The lowest BCUT2D eigenvalue weighted by Crippen LogP contribution is -2.26. The molecule has 8 heteroatoms. The van der Waals surface area contributed by atoms with Crippen LogP contribution in [-0.4, -0.2) is 35.0 Å². The van der Waals surface area contributed by atoms with Crippen LogP contribution in [0.25, 0.3) is 22.5 Å². The molecule has 35 heavy (non-hydrogen) atoms. The topological polar surface area (TPSA) is 94.3 Å². The zero-order valence-electron chi connectivity index (χ0n) is 20.2. The molecular formula is C27H31N7O. The van der Waals surface area contributed by atoms with Gasteiger partial charge in [0.2, 0.25) is 0 Å². The van der Waals surface area contributed by atoms with Crippen molar-refractivity contribution in [1.29, 1.82) is 0 Å². The molecule has 2 aromatic heterocycles. The molecule has 0 unspecified atom stereocenters. The van der Waals surface area contributed by atoms with E-state index in [9.17, 15) is 4.79 Å². The molecular weight excluding hydrogens is 438 g/mol. The van der Waals surface area contributed by atoms with Gasteiger partial charge in [-0.25, -0.2) is 14.6 Å². The van der Waals surface area contributed by atoms with Crippen molar-refractivity contribution in [3.8, 4) is 34.9 Å². The Hall–Kier alpha value is -3.99. The van der Waals surface area contributed by atoms with Crippen LogP contribution in [0.1, 0.15) is 56.8 Å². The molecule has 0 spiro atoms. The lowest BCUT2D eigenvalue weighted by atomic mass is 9.98. The van der Waals surface area contributed by atoms with Gasteiger partial charge < -0.3 is 0 Å². The Morgan fingerprint density at radius 3 is 2.49 bits per heavy atom. The fraction of sp³-hybridized carbons (Fsp3) is 0.370. The number of benzene rings is 2. The third kappa shape index (κ3) is 5.93. The van der Waals surface area contributed by atoms with Gasteiger partial charge in [-0.15, -0.1) is 17.4 Å². The van der Waals surface area contributed by atoms with Crippen LogP contribution in [0.4, 0.5) is 0 Å². The molecule has 0 bridgehead atoms. The second-order valence-electron chi connectivity index (χ2n) is 8.62. The summed E-state index contributed by atoms with van der Waals surface area (Å²) in [6, 6.07) is 16.2. The third-order valence-corrected chi connectivity index (χ3v) is 6.10. The summed E-state index contributed by atoms with van der Waals surface area (Å²) in [5, 5.41) is 18.9. The van der Waals surface area contributed by atoms with E-state index in [4.69, 9.17) is 6.42 Å². The monoisotopic (exact) mass is 469 g/mol. The number of terminal acetylenes is 1. The van der Waals surface area contributed by atoms with Crippen LogP contribution in [0.5, 0.6) is 0 Å². The number of hydrogen-bond donors (Lipinski definition) is 1. The molecule has 0 radical (unpaired) electrons. The summed E-state index contributed by atoms with van der Waals surface area (Å²) in [5.74, 6) is 4.05. The number of nitrogens with one attached hydrogen (secondary N) is 1. The van der Waals surface area contributed by atoms with Crippen molar-refractivity contribution in [2.45, 2.75) is 65.0 Å². The molecule has 2 heterocycles. The Kier molecular flexibility index (Phi) is 8.23. The van der Waals surface area contributed by atoms with Crippen molar-refractivity contribution in [3.05, 3.63) is 70.4 Å². The molecule has 180 valence electrons. The highest BCUT2D eigenvalue weighted by Crippen LogP contribution is 2.29. The maximum Gasteiger partial charge on any atom is 0.346 e. The van der Waals surface area contributed by atoms with Crippen molar-refractivity contribution in [2.75, 3.05) is 0 Å². The number of tetrazole rings is 1. The Labute approximate surface area is 205 Å². The smallest absolute Gasteiger partial charge is 0.274 e. The van der Waals surface area contributed by atoms with Crippen molar-refractivity contribution < 1.29 is 0 Å². The first-order chi connectivity index (χ1) is 17.2. The molecule has 0 saturated carbocycles. The first-order valence-corrected chi connectivity index (χ1v) is 12.2. The van der Waals surface area contributed by atoms with Crippen molar-refractivity contribution in [3.63, 3.8) is 0 Å². The fourth-order valence-corrected chi connectivity index (χ4v) is 4.22. The highest BCUT2D eigenvalue weighted by Gasteiger charge is 2.14. The lowest BCUT2D eigenvalue weighted by Gasteiger charge is -2.09. The Balaban J connectivity index is 1.55. The van der Waals surface area contributed by atoms with Gasteiger partial charge in [0.05, 0.1) is 13.1 Å². The minimum atomic E-state index is -0.101. The quantitative estimate of drug-likeness (QED) is 0.244. The lowest BCUT2D eigenvalue weighted by molar-refractivity contribution is 0.588. The third-order valence-electron chi connectivity index (χ3n) is 6.10. The largest absolute Gasteiger partial charge is 0.346 e. The van der Waals surface area contributed by atoms with Crippen LogP contribution in [0.3, 0.4) is 0 Å². The Morgan fingerprint density at radius 1 is 1.00 bits per heavy atom.